The summed E-state index contributed by atoms with van der Waals surface area (Å²) in [7, 11) is 0. The molecular formula is C28H38N2O4. The van der Waals surface area contributed by atoms with Crippen LogP contribution in [0.4, 0.5) is 4.79 Å². The van der Waals surface area contributed by atoms with Crippen molar-refractivity contribution < 1.29 is 19.8 Å². The number of amides is 2. The summed E-state index contributed by atoms with van der Waals surface area (Å²) in [5.74, 6) is -0.533. The van der Waals surface area contributed by atoms with Gasteiger partial charge in [0.15, 0.2) is 6.10 Å². The SMILES string of the molecule is CCCC[C@@H](C(O)C(=O)N[C@H](C)c1ccccc1)N(CC1(Cc2ccccc2)CCC1)C(=O)O. The summed E-state index contributed by atoms with van der Waals surface area (Å²) in [5, 5.41) is 24.1. The van der Waals surface area contributed by atoms with E-state index in [1.807, 2.05) is 62.4 Å². The van der Waals surface area contributed by atoms with Gasteiger partial charge in [-0.05, 0) is 49.1 Å². The fraction of sp³-hybridized carbons (Fsp3) is 0.500. The van der Waals surface area contributed by atoms with E-state index in [0.29, 0.717) is 13.0 Å². The minimum absolute atomic E-state index is 0.155. The molecule has 6 nitrogen and oxygen atoms in total. The highest BCUT2D eigenvalue weighted by Crippen LogP contribution is 2.45. The Labute approximate surface area is 203 Å². The molecule has 3 N–H and O–H groups in total. The van der Waals surface area contributed by atoms with Crippen LogP contribution in [0, 0.1) is 5.41 Å². The predicted molar refractivity (Wildman–Crippen MR) is 133 cm³/mol. The summed E-state index contributed by atoms with van der Waals surface area (Å²) >= 11 is 0. The van der Waals surface area contributed by atoms with Gasteiger partial charge in [0.1, 0.15) is 0 Å². The van der Waals surface area contributed by atoms with Crippen LogP contribution in [0.15, 0.2) is 60.7 Å². The van der Waals surface area contributed by atoms with Crippen molar-refractivity contribution in [3.05, 3.63) is 71.8 Å². The monoisotopic (exact) mass is 466 g/mol. The number of benzene rings is 2. The lowest BCUT2D eigenvalue weighted by Crippen LogP contribution is -2.56. The van der Waals surface area contributed by atoms with Crippen LogP contribution in [0.2, 0.25) is 0 Å². The standard InChI is InChI=1S/C28H38N2O4/c1-3-4-16-24(25(31)26(32)29-21(2)23-14-9-6-10-15-23)30(27(33)34)20-28(17-11-18-28)19-22-12-7-5-8-13-22/h5-10,12-15,21,24-25,31H,3-4,11,16-20H2,1-2H3,(H,29,32)(H,33,34)/t21-,24+,25?/m1/s1. The Kier molecular flexibility index (Phi) is 9.11. The molecule has 3 atom stereocenters. The smallest absolute Gasteiger partial charge is 0.407 e. The summed E-state index contributed by atoms with van der Waals surface area (Å²) < 4.78 is 0. The first-order valence-corrected chi connectivity index (χ1v) is 12.4. The van der Waals surface area contributed by atoms with Crippen LogP contribution in [0.25, 0.3) is 0 Å². The molecule has 0 aromatic heterocycles. The minimum Gasteiger partial charge on any atom is -0.465 e. The van der Waals surface area contributed by atoms with Crippen LogP contribution in [-0.2, 0) is 11.2 Å². The summed E-state index contributed by atoms with van der Waals surface area (Å²) in [4.78, 5) is 26.8. The fourth-order valence-corrected chi connectivity index (χ4v) is 4.98. The van der Waals surface area contributed by atoms with Gasteiger partial charge in [0, 0.05) is 6.54 Å². The fourth-order valence-electron chi connectivity index (χ4n) is 4.98. The topological polar surface area (TPSA) is 89.9 Å². The summed E-state index contributed by atoms with van der Waals surface area (Å²) in [5.41, 5.74) is 1.96. The van der Waals surface area contributed by atoms with E-state index in [2.05, 4.69) is 17.4 Å². The Morgan fingerprint density at radius 1 is 1.06 bits per heavy atom. The Balaban J connectivity index is 1.76. The Morgan fingerprint density at radius 2 is 1.68 bits per heavy atom. The molecule has 2 aromatic carbocycles. The van der Waals surface area contributed by atoms with Crippen LogP contribution < -0.4 is 5.32 Å². The molecule has 2 amide bonds. The number of nitrogens with zero attached hydrogens (tertiary/aromatic N) is 1. The van der Waals surface area contributed by atoms with Crippen molar-refractivity contribution in [2.45, 2.75) is 77.0 Å². The second-order valence-electron chi connectivity index (χ2n) is 9.72. The zero-order valence-corrected chi connectivity index (χ0v) is 20.3. The molecule has 1 saturated carbocycles. The zero-order chi connectivity index (χ0) is 24.6. The van der Waals surface area contributed by atoms with Gasteiger partial charge in [-0.15, -0.1) is 0 Å². The van der Waals surface area contributed by atoms with E-state index < -0.39 is 24.1 Å². The van der Waals surface area contributed by atoms with Gasteiger partial charge < -0.3 is 20.4 Å². The lowest BCUT2D eigenvalue weighted by molar-refractivity contribution is -0.134. The van der Waals surface area contributed by atoms with Crippen LogP contribution in [-0.4, -0.2) is 45.8 Å². The molecule has 0 saturated heterocycles. The average Bonchev–Trinajstić information content (AvgIpc) is 2.82. The van der Waals surface area contributed by atoms with E-state index >= 15 is 0 Å². The first-order chi connectivity index (χ1) is 16.3. The van der Waals surface area contributed by atoms with Crippen molar-refractivity contribution in [1.29, 1.82) is 0 Å². The van der Waals surface area contributed by atoms with Gasteiger partial charge in [-0.2, -0.15) is 0 Å². The van der Waals surface area contributed by atoms with Gasteiger partial charge >= 0.3 is 6.09 Å². The molecule has 2 aromatic rings. The molecule has 1 fully saturated rings. The average molecular weight is 467 g/mol. The van der Waals surface area contributed by atoms with Gasteiger partial charge in [-0.3, -0.25) is 4.79 Å². The molecule has 1 unspecified atom stereocenters. The van der Waals surface area contributed by atoms with Crippen molar-refractivity contribution in [3.8, 4) is 0 Å². The first-order valence-electron chi connectivity index (χ1n) is 12.4. The molecule has 34 heavy (non-hydrogen) atoms. The van der Waals surface area contributed by atoms with Gasteiger partial charge in [0.05, 0.1) is 12.1 Å². The molecule has 0 heterocycles. The Morgan fingerprint density at radius 3 is 2.21 bits per heavy atom. The number of carboxylic acid groups (broad SMARTS) is 1. The van der Waals surface area contributed by atoms with Crippen LogP contribution >= 0.6 is 0 Å². The van der Waals surface area contributed by atoms with Crippen molar-refractivity contribution in [2.75, 3.05) is 6.54 Å². The van der Waals surface area contributed by atoms with Crippen LogP contribution in [0.3, 0.4) is 0 Å². The maximum atomic E-state index is 13.0. The van der Waals surface area contributed by atoms with Crippen LogP contribution in [0.1, 0.15) is 69.5 Å². The van der Waals surface area contributed by atoms with Gasteiger partial charge in [-0.1, -0.05) is 86.8 Å². The maximum Gasteiger partial charge on any atom is 0.407 e. The summed E-state index contributed by atoms with van der Waals surface area (Å²) in [6.07, 6.45) is 3.28. The molecule has 1 aliphatic carbocycles. The molecule has 0 radical (unpaired) electrons. The molecule has 0 bridgehead atoms. The normalized spacial score (nSPS) is 17.1. The first kappa shape index (κ1) is 25.8. The Bertz CT molecular complexity index is 915. The van der Waals surface area contributed by atoms with Crippen molar-refractivity contribution in [1.82, 2.24) is 10.2 Å². The predicted octanol–water partition coefficient (Wildman–Crippen LogP) is 5.18. The number of nitrogens with one attached hydrogen (secondary N) is 1. The minimum atomic E-state index is -1.43. The van der Waals surface area contributed by atoms with Crippen molar-refractivity contribution >= 4 is 12.0 Å². The quantitative estimate of drug-likeness (QED) is 0.402. The number of aliphatic hydroxyl groups is 1. The largest absolute Gasteiger partial charge is 0.465 e. The number of hydrogen-bond acceptors (Lipinski definition) is 3. The van der Waals surface area contributed by atoms with E-state index in [9.17, 15) is 19.8 Å². The summed E-state index contributed by atoms with van der Waals surface area (Å²) in [6, 6.07) is 18.6. The van der Waals surface area contributed by atoms with Crippen LogP contribution in [0.5, 0.6) is 0 Å². The third-order valence-electron chi connectivity index (χ3n) is 7.13. The van der Waals surface area contributed by atoms with E-state index in [-0.39, 0.29) is 11.5 Å². The molecule has 0 aliphatic heterocycles. The maximum absolute atomic E-state index is 13.0. The number of carbonyl (C=O) groups is 2. The number of rotatable bonds is 12. The zero-order valence-electron chi connectivity index (χ0n) is 20.3. The van der Waals surface area contributed by atoms with E-state index in [4.69, 9.17) is 0 Å². The third-order valence-corrected chi connectivity index (χ3v) is 7.13. The van der Waals surface area contributed by atoms with Gasteiger partial charge in [0.25, 0.3) is 5.91 Å². The number of hydrogen-bond donors (Lipinski definition) is 3. The van der Waals surface area contributed by atoms with Crippen molar-refractivity contribution in [3.63, 3.8) is 0 Å². The molecule has 3 rings (SSSR count). The lowest BCUT2D eigenvalue weighted by Gasteiger charge is -2.47. The second-order valence-corrected chi connectivity index (χ2v) is 9.72. The van der Waals surface area contributed by atoms with Gasteiger partial charge in [-0.25, -0.2) is 4.79 Å². The lowest BCUT2D eigenvalue weighted by atomic mass is 9.65. The molecule has 184 valence electrons. The highest BCUT2D eigenvalue weighted by molar-refractivity contribution is 5.82. The molecule has 6 heteroatoms. The number of unbranched alkanes of at least 4 members (excludes halogenated alkanes) is 1. The van der Waals surface area contributed by atoms with E-state index in [1.165, 1.54) is 10.5 Å². The van der Waals surface area contributed by atoms with Gasteiger partial charge in [0.2, 0.25) is 0 Å². The molecule has 1 aliphatic rings. The van der Waals surface area contributed by atoms with E-state index in [0.717, 1.165) is 44.1 Å². The second kappa shape index (κ2) is 12.0. The van der Waals surface area contributed by atoms with Crippen molar-refractivity contribution in [2.24, 2.45) is 5.41 Å². The number of aliphatic hydroxyl groups excluding tert-OH is 1. The van der Waals surface area contributed by atoms with E-state index in [1.54, 1.807) is 0 Å². The summed E-state index contributed by atoms with van der Waals surface area (Å²) in [6.45, 7) is 4.21. The Hall–Kier alpha value is -2.86. The molecule has 0 spiro atoms. The highest BCUT2D eigenvalue weighted by atomic mass is 16.4. The number of carbonyl (C=O) groups excluding carboxylic acids is 1. The highest BCUT2D eigenvalue weighted by Gasteiger charge is 2.43. The third kappa shape index (κ3) is 6.60. The molecular weight excluding hydrogens is 428 g/mol.